The average Bonchev–Trinajstić information content (AvgIpc) is 2.28. The molecule has 0 bridgehead atoms. The van der Waals surface area contributed by atoms with Crippen LogP contribution in [0.25, 0.3) is 0 Å². The van der Waals surface area contributed by atoms with Crippen LogP contribution in [0.2, 0.25) is 0 Å². The Hall–Kier alpha value is -0.770. The van der Waals surface area contributed by atoms with Crippen molar-refractivity contribution < 1.29 is 9.53 Å². The van der Waals surface area contributed by atoms with Crippen molar-refractivity contribution in [3.63, 3.8) is 0 Å². The molecule has 1 heterocycles. The van der Waals surface area contributed by atoms with Crippen molar-refractivity contribution in [1.29, 1.82) is 0 Å². The predicted molar refractivity (Wildman–Crippen MR) is 73.7 cm³/mol. The standard InChI is InChI=1S/C14H28N2O2/c1-5-6-9-15-12-7-10-16(11-8-12)13(17)18-14(2,3)4/h12,15H,5-11H2,1-4H3. The molecule has 1 rings (SSSR count). The molecule has 0 unspecified atom stereocenters. The third kappa shape index (κ3) is 5.71. The summed E-state index contributed by atoms with van der Waals surface area (Å²) in [5.74, 6) is 0. The van der Waals surface area contributed by atoms with Gasteiger partial charge in [0.2, 0.25) is 0 Å². The number of hydrogen-bond acceptors (Lipinski definition) is 3. The number of ether oxygens (including phenoxy) is 1. The summed E-state index contributed by atoms with van der Waals surface area (Å²) < 4.78 is 5.38. The van der Waals surface area contributed by atoms with Crippen LogP contribution in [-0.4, -0.2) is 42.3 Å². The maximum atomic E-state index is 11.9. The highest BCUT2D eigenvalue weighted by molar-refractivity contribution is 5.68. The molecule has 0 aromatic heterocycles. The van der Waals surface area contributed by atoms with E-state index in [1.807, 2.05) is 25.7 Å². The molecule has 1 aliphatic heterocycles. The van der Waals surface area contributed by atoms with E-state index < -0.39 is 5.60 Å². The first-order valence-corrected chi connectivity index (χ1v) is 7.13. The Balaban J connectivity index is 2.24. The first kappa shape index (κ1) is 15.3. The van der Waals surface area contributed by atoms with Gasteiger partial charge in [0, 0.05) is 19.1 Å². The molecule has 0 aromatic carbocycles. The second-order valence-corrected chi connectivity index (χ2v) is 6.05. The zero-order valence-corrected chi connectivity index (χ0v) is 12.3. The van der Waals surface area contributed by atoms with E-state index in [9.17, 15) is 4.79 Å². The van der Waals surface area contributed by atoms with Crippen molar-refractivity contribution in [2.24, 2.45) is 0 Å². The lowest BCUT2D eigenvalue weighted by atomic mass is 10.1. The minimum absolute atomic E-state index is 0.172. The Morgan fingerprint density at radius 3 is 2.44 bits per heavy atom. The van der Waals surface area contributed by atoms with Gasteiger partial charge < -0.3 is 15.0 Å². The summed E-state index contributed by atoms with van der Waals surface area (Å²) in [6.07, 6.45) is 4.34. The van der Waals surface area contributed by atoms with E-state index in [2.05, 4.69) is 12.2 Å². The number of amides is 1. The van der Waals surface area contributed by atoms with Crippen LogP contribution in [0.4, 0.5) is 4.79 Å². The van der Waals surface area contributed by atoms with Gasteiger partial charge in [-0.1, -0.05) is 13.3 Å². The molecule has 18 heavy (non-hydrogen) atoms. The minimum Gasteiger partial charge on any atom is -0.444 e. The molecule has 1 fully saturated rings. The van der Waals surface area contributed by atoms with Gasteiger partial charge in [-0.3, -0.25) is 0 Å². The summed E-state index contributed by atoms with van der Waals surface area (Å²) in [5.41, 5.74) is -0.396. The van der Waals surface area contributed by atoms with Crippen molar-refractivity contribution in [2.75, 3.05) is 19.6 Å². The maximum absolute atomic E-state index is 11.9. The van der Waals surface area contributed by atoms with Crippen molar-refractivity contribution >= 4 is 6.09 Å². The van der Waals surface area contributed by atoms with Crippen LogP contribution in [0.15, 0.2) is 0 Å². The highest BCUT2D eigenvalue weighted by Crippen LogP contribution is 2.15. The Kier molecular flexibility index (Phi) is 5.93. The highest BCUT2D eigenvalue weighted by atomic mass is 16.6. The lowest BCUT2D eigenvalue weighted by molar-refractivity contribution is 0.0198. The van der Waals surface area contributed by atoms with E-state index in [0.29, 0.717) is 6.04 Å². The summed E-state index contributed by atoms with van der Waals surface area (Å²) in [7, 11) is 0. The van der Waals surface area contributed by atoms with Crippen molar-refractivity contribution in [3.05, 3.63) is 0 Å². The van der Waals surface area contributed by atoms with E-state index in [4.69, 9.17) is 4.74 Å². The quantitative estimate of drug-likeness (QED) is 0.786. The summed E-state index contributed by atoms with van der Waals surface area (Å²) in [4.78, 5) is 13.7. The summed E-state index contributed by atoms with van der Waals surface area (Å²) >= 11 is 0. The lowest BCUT2D eigenvalue weighted by Gasteiger charge is -2.33. The molecule has 1 amide bonds. The largest absolute Gasteiger partial charge is 0.444 e. The fourth-order valence-electron chi connectivity index (χ4n) is 2.08. The van der Waals surface area contributed by atoms with E-state index >= 15 is 0 Å². The number of nitrogens with zero attached hydrogens (tertiary/aromatic N) is 1. The molecule has 106 valence electrons. The highest BCUT2D eigenvalue weighted by Gasteiger charge is 2.26. The zero-order valence-electron chi connectivity index (χ0n) is 12.3. The van der Waals surface area contributed by atoms with Crippen molar-refractivity contribution in [1.82, 2.24) is 10.2 Å². The van der Waals surface area contributed by atoms with E-state index in [0.717, 1.165) is 32.5 Å². The Bertz CT molecular complexity index is 253. The van der Waals surface area contributed by atoms with E-state index in [-0.39, 0.29) is 6.09 Å². The predicted octanol–water partition coefficient (Wildman–Crippen LogP) is 2.78. The lowest BCUT2D eigenvalue weighted by Crippen LogP contribution is -2.46. The Morgan fingerprint density at radius 2 is 1.94 bits per heavy atom. The number of likely N-dealkylation sites (tertiary alicyclic amines) is 1. The third-order valence-electron chi connectivity index (χ3n) is 3.11. The zero-order chi connectivity index (χ0) is 13.6. The van der Waals surface area contributed by atoms with Crippen LogP contribution in [0.1, 0.15) is 53.4 Å². The SMILES string of the molecule is CCCCNC1CCN(C(=O)OC(C)(C)C)CC1. The van der Waals surface area contributed by atoms with Gasteiger partial charge >= 0.3 is 6.09 Å². The van der Waals surface area contributed by atoms with Crippen LogP contribution in [-0.2, 0) is 4.74 Å². The van der Waals surface area contributed by atoms with Crippen molar-refractivity contribution in [2.45, 2.75) is 65.0 Å². The number of rotatable bonds is 4. The van der Waals surface area contributed by atoms with Crippen LogP contribution in [0.3, 0.4) is 0 Å². The Labute approximate surface area is 111 Å². The van der Waals surface area contributed by atoms with Gasteiger partial charge in [-0.25, -0.2) is 4.79 Å². The number of hydrogen-bond donors (Lipinski definition) is 1. The molecule has 4 nitrogen and oxygen atoms in total. The number of carbonyl (C=O) groups is 1. The molecule has 0 atom stereocenters. The third-order valence-corrected chi connectivity index (χ3v) is 3.11. The summed E-state index contributed by atoms with van der Waals surface area (Å²) in [5, 5.41) is 3.55. The molecule has 0 radical (unpaired) electrons. The topological polar surface area (TPSA) is 41.6 Å². The average molecular weight is 256 g/mol. The molecule has 0 aliphatic carbocycles. The molecule has 1 aliphatic rings. The minimum atomic E-state index is -0.396. The monoisotopic (exact) mass is 256 g/mol. The van der Waals surface area contributed by atoms with Gasteiger partial charge in [0.15, 0.2) is 0 Å². The van der Waals surface area contributed by atoms with Crippen LogP contribution >= 0.6 is 0 Å². The molecule has 0 aromatic rings. The van der Waals surface area contributed by atoms with Gasteiger partial charge in [-0.2, -0.15) is 0 Å². The molecule has 1 N–H and O–H groups in total. The Morgan fingerprint density at radius 1 is 1.33 bits per heavy atom. The van der Waals surface area contributed by atoms with Crippen LogP contribution in [0, 0.1) is 0 Å². The van der Waals surface area contributed by atoms with Gasteiger partial charge in [0.1, 0.15) is 5.60 Å². The van der Waals surface area contributed by atoms with Crippen LogP contribution < -0.4 is 5.32 Å². The maximum Gasteiger partial charge on any atom is 0.410 e. The molecule has 4 heteroatoms. The molecule has 1 saturated heterocycles. The first-order chi connectivity index (χ1) is 8.42. The normalized spacial score (nSPS) is 17.9. The molecule has 0 spiro atoms. The second-order valence-electron chi connectivity index (χ2n) is 6.05. The number of nitrogens with one attached hydrogen (secondary N) is 1. The van der Waals surface area contributed by atoms with Crippen molar-refractivity contribution in [3.8, 4) is 0 Å². The molecular formula is C14H28N2O2. The fraction of sp³-hybridized carbons (Fsp3) is 0.929. The fourth-order valence-corrected chi connectivity index (χ4v) is 2.08. The number of unbranched alkanes of at least 4 members (excludes halogenated alkanes) is 1. The van der Waals surface area contributed by atoms with Gasteiger partial charge in [0.25, 0.3) is 0 Å². The first-order valence-electron chi connectivity index (χ1n) is 7.13. The summed E-state index contributed by atoms with van der Waals surface area (Å²) in [6, 6.07) is 0.565. The molecular weight excluding hydrogens is 228 g/mol. The van der Waals surface area contributed by atoms with E-state index in [1.165, 1.54) is 12.8 Å². The molecule has 0 saturated carbocycles. The summed E-state index contributed by atoms with van der Waals surface area (Å²) in [6.45, 7) is 10.6. The van der Waals surface area contributed by atoms with Gasteiger partial charge in [0.05, 0.1) is 0 Å². The van der Waals surface area contributed by atoms with Crippen LogP contribution in [0.5, 0.6) is 0 Å². The second kappa shape index (κ2) is 6.98. The number of piperidine rings is 1. The number of carbonyl (C=O) groups excluding carboxylic acids is 1. The van der Waals surface area contributed by atoms with E-state index in [1.54, 1.807) is 0 Å². The smallest absolute Gasteiger partial charge is 0.410 e. The van der Waals surface area contributed by atoms with Gasteiger partial charge in [-0.05, 0) is 46.6 Å². The van der Waals surface area contributed by atoms with Gasteiger partial charge in [-0.15, -0.1) is 0 Å².